The number of aromatic nitrogens is 2. The lowest BCUT2D eigenvalue weighted by Crippen LogP contribution is -2.71. The molecule has 0 bridgehead atoms. The van der Waals surface area contributed by atoms with Gasteiger partial charge in [-0.1, -0.05) is 12.0 Å². The second kappa shape index (κ2) is 9.48. The summed E-state index contributed by atoms with van der Waals surface area (Å²) >= 11 is 0. The molecule has 2 N–H and O–H groups in total. The number of methoxy groups -OCH3 is 1. The van der Waals surface area contributed by atoms with Crippen LogP contribution in [-0.2, 0) is 16.3 Å². The fourth-order valence-electron chi connectivity index (χ4n) is 5.39. The maximum Gasteiger partial charge on any atom is 0.394 e. The fourth-order valence-corrected chi connectivity index (χ4v) is 6.03. The molecule has 2 aliphatic rings. The summed E-state index contributed by atoms with van der Waals surface area (Å²) in [6, 6.07) is 8.10. The number of hydrogen-bond acceptors (Lipinski definition) is 7. The highest BCUT2D eigenvalue weighted by Crippen LogP contribution is 2.48. The van der Waals surface area contributed by atoms with E-state index in [0.29, 0.717) is 17.1 Å². The van der Waals surface area contributed by atoms with Crippen LogP contribution in [0.15, 0.2) is 41.4 Å². The number of fused-ring (bicyclic) bond motifs is 1. The lowest BCUT2D eigenvalue weighted by Gasteiger charge is -2.60. The highest BCUT2D eigenvalue weighted by Gasteiger charge is 2.54. The standard InChI is InChI=1S/C26H28F3N5O3S/c1-33-15-25(16-33)14-31-23(25)18-6-5-11-34-21(13-26(27,28)29)19(32-24(18)34)7-4-10-30-20-9-8-17(38(3,35)36)12-22(20)37-2/h5-6,8-9,11-12,23,30-31H,10,13-16H2,1-3H3/t23-/m1/s1. The van der Waals surface area contributed by atoms with Crippen molar-refractivity contribution in [1.82, 2.24) is 19.6 Å². The van der Waals surface area contributed by atoms with Gasteiger partial charge in [-0.15, -0.1) is 0 Å². The summed E-state index contributed by atoms with van der Waals surface area (Å²) in [5.74, 6) is 5.98. The predicted octanol–water partition coefficient (Wildman–Crippen LogP) is 2.89. The number of imidazole rings is 1. The van der Waals surface area contributed by atoms with E-state index < -0.39 is 22.4 Å². The van der Waals surface area contributed by atoms with Crippen LogP contribution in [0.3, 0.4) is 0 Å². The van der Waals surface area contributed by atoms with Crippen molar-refractivity contribution in [3.8, 4) is 17.6 Å². The Hall–Kier alpha value is -3.27. The number of pyridine rings is 1. The fraction of sp³-hybridized carbons (Fsp3) is 0.423. The van der Waals surface area contributed by atoms with Crippen LogP contribution in [0.1, 0.15) is 23.0 Å². The van der Waals surface area contributed by atoms with E-state index in [0.717, 1.165) is 31.5 Å². The number of rotatable bonds is 6. The Bertz CT molecular complexity index is 1550. The summed E-state index contributed by atoms with van der Waals surface area (Å²) in [6.45, 7) is 2.80. The number of nitrogens with zero attached hydrogens (tertiary/aromatic N) is 3. The largest absolute Gasteiger partial charge is 0.495 e. The van der Waals surface area contributed by atoms with Crippen LogP contribution in [0.25, 0.3) is 5.65 Å². The van der Waals surface area contributed by atoms with Crippen LogP contribution in [0.4, 0.5) is 18.9 Å². The highest BCUT2D eigenvalue weighted by atomic mass is 32.2. The molecule has 2 aromatic heterocycles. The van der Waals surface area contributed by atoms with Gasteiger partial charge in [0.2, 0.25) is 0 Å². The summed E-state index contributed by atoms with van der Waals surface area (Å²) in [5.41, 5.74) is 2.01. The summed E-state index contributed by atoms with van der Waals surface area (Å²) in [5, 5.41) is 6.47. The van der Waals surface area contributed by atoms with E-state index in [2.05, 4.69) is 39.4 Å². The van der Waals surface area contributed by atoms with E-state index in [1.54, 1.807) is 18.3 Å². The average Bonchev–Trinajstić information content (AvgIpc) is 3.15. The van der Waals surface area contributed by atoms with Gasteiger partial charge < -0.3 is 24.7 Å². The third-order valence-corrected chi connectivity index (χ3v) is 8.18. The van der Waals surface area contributed by atoms with Gasteiger partial charge >= 0.3 is 6.18 Å². The first kappa shape index (κ1) is 26.3. The minimum absolute atomic E-state index is 0.00367. The van der Waals surface area contributed by atoms with E-state index in [1.165, 1.54) is 23.6 Å². The Balaban J connectivity index is 1.44. The first-order chi connectivity index (χ1) is 17.9. The Morgan fingerprint density at radius 1 is 1.29 bits per heavy atom. The summed E-state index contributed by atoms with van der Waals surface area (Å²) in [7, 11) is 0.0596. The molecule has 1 atom stereocenters. The van der Waals surface area contributed by atoms with Crippen LogP contribution in [-0.4, -0.2) is 75.5 Å². The van der Waals surface area contributed by atoms with Crippen molar-refractivity contribution in [3.05, 3.63) is 53.5 Å². The zero-order chi connectivity index (χ0) is 27.3. The molecule has 4 heterocycles. The van der Waals surface area contributed by atoms with Gasteiger partial charge in [0.25, 0.3) is 0 Å². The molecular formula is C26H28F3N5O3S. The third-order valence-electron chi connectivity index (χ3n) is 7.07. The van der Waals surface area contributed by atoms with Crippen molar-refractivity contribution >= 4 is 21.2 Å². The van der Waals surface area contributed by atoms with Crippen LogP contribution in [0.5, 0.6) is 5.75 Å². The zero-order valence-electron chi connectivity index (χ0n) is 21.2. The van der Waals surface area contributed by atoms with E-state index in [9.17, 15) is 21.6 Å². The molecule has 202 valence electrons. The summed E-state index contributed by atoms with van der Waals surface area (Å²) < 4.78 is 71.0. The number of likely N-dealkylation sites (tertiary alicyclic amines) is 1. The SMILES string of the molecule is COc1cc(S(C)(=O)=O)ccc1NCC#Cc1nc2c([C@H]3NCC34CN(C)C4)cccn2c1CC(F)(F)F. The molecule has 12 heteroatoms. The maximum absolute atomic E-state index is 13.5. The topological polar surface area (TPSA) is 88.0 Å². The number of sulfone groups is 1. The third kappa shape index (κ3) is 4.93. The maximum atomic E-state index is 13.5. The second-order valence-electron chi connectivity index (χ2n) is 9.99. The molecule has 1 aromatic carbocycles. The molecule has 2 aliphatic heterocycles. The summed E-state index contributed by atoms with van der Waals surface area (Å²) in [6.07, 6.45) is -2.88. The van der Waals surface area contributed by atoms with Gasteiger partial charge in [-0.05, 0) is 31.2 Å². The number of anilines is 1. The van der Waals surface area contributed by atoms with Crippen LogP contribution >= 0.6 is 0 Å². The Labute approximate surface area is 219 Å². The number of ether oxygens (including phenoxy) is 1. The molecule has 0 aliphatic carbocycles. The zero-order valence-corrected chi connectivity index (χ0v) is 22.0. The monoisotopic (exact) mass is 547 g/mol. The van der Waals surface area contributed by atoms with Gasteiger partial charge in [0.15, 0.2) is 9.84 Å². The van der Waals surface area contributed by atoms with Gasteiger partial charge in [0.1, 0.15) is 17.1 Å². The van der Waals surface area contributed by atoms with Gasteiger partial charge in [-0.25, -0.2) is 13.4 Å². The molecule has 8 nitrogen and oxygen atoms in total. The number of benzene rings is 1. The van der Waals surface area contributed by atoms with Crippen molar-refractivity contribution in [2.75, 3.05) is 51.9 Å². The molecule has 0 unspecified atom stereocenters. The molecule has 0 saturated carbocycles. The first-order valence-electron chi connectivity index (χ1n) is 12.0. The van der Waals surface area contributed by atoms with Gasteiger partial charge in [-0.3, -0.25) is 0 Å². The molecule has 1 spiro atoms. The van der Waals surface area contributed by atoms with Crippen molar-refractivity contribution in [2.45, 2.75) is 23.5 Å². The molecule has 5 rings (SSSR count). The highest BCUT2D eigenvalue weighted by molar-refractivity contribution is 7.90. The predicted molar refractivity (Wildman–Crippen MR) is 137 cm³/mol. The smallest absolute Gasteiger partial charge is 0.394 e. The van der Waals surface area contributed by atoms with E-state index >= 15 is 0 Å². The molecule has 2 saturated heterocycles. The second-order valence-corrected chi connectivity index (χ2v) is 12.0. The minimum atomic E-state index is -4.43. The lowest BCUT2D eigenvalue weighted by molar-refractivity contribution is -0.128. The number of nitrogens with one attached hydrogen (secondary N) is 2. The Morgan fingerprint density at radius 2 is 2.05 bits per heavy atom. The van der Waals surface area contributed by atoms with E-state index in [1.807, 2.05) is 6.07 Å². The molecule has 2 fully saturated rings. The van der Waals surface area contributed by atoms with Gasteiger partial charge in [-0.2, -0.15) is 13.2 Å². The minimum Gasteiger partial charge on any atom is -0.495 e. The molecule has 3 aromatic rings. The van der Waals surface area contributed by atoms with Gasteiger partial charge in [0, 0.05) is 55.2 Å². The van der Waals surface area contributed by atoms with E-state index in [4.69, 9.17) is 4.74 Å². The molecule has 0 radical (unpaired) electrons. The van der Waals surface area contributed by atoms with Crippen molar-refractivity contribution in [2.24, 2.45) is 5.41 Å². The van der Waals surface area contributed by atoms with Crippen molar-refractivity contribution in [3.63, 3.8) is 0 Å². The Kier molecular flexibility index (Phi) is 6.57. The summed E-state index contributed by atoms with van der Waals surface area (Å²) in [4.78, 5) is 6.91. The lowest BCUT2D eigenvalue weighted by atomic mass is 9.65. The number of hydrogen-bond donors (Lipinski definition) is 2. The normalized spacial score (nSPS) is 18.9. The van der Waals surface area contributed by atoms with Crippen LogP contribution in [0, 0.1) is 17.3 Å². The quantitative estimate of drug-likeness (QED) is 0.459. The number of halogens is 3. The molecule has 38 heavy (non-hydrogen) atoms. The molecule has 0 amide bonds. The average molecular weight is 548 g/mol. The Morgan fingerprint density at radius 3 is 2.66 bits per heavy atom. The van der Waals surface area contributed by atoms with Crippen LogP contribution < -0.4 is 15.4 Å². The van der Waals surface area contributed by atoms with Crippen LogP contribution in [0.2, 0.25) is 0 Å². The first-order valence-corrected chi connectivity index (χ1v) is 13.9. The number of alkyl halides is 3. The molecular weight excluding hydrogens is 519 g/mol. The van der Waals surface area contributed by atoms with Gasteiger partial charge in [0.05, 0.1) is 36.4 Å². The van der Waals surface area contributed by atoms with Crippen molar-refractivity contribution < 1.29 is 26.3 Å². The van der Waals surface area contributed by atoms with Crippen molar-refractivity contribution in [1.29, 1.82) is 0 Å². The van der Waals surface area contributed by atoms with E-state index in [-0.39, 0.29) is 34.3 Å².